The third-order valence-corrected chi connectivity index (χ3v) is 4.16. The number of hydrogen-bond acceptors (Lipinski definition) is 4. The lowest BCUT2D eigenvalue weighted by molar-refractivity contribution is -0.115. The van der Waals surface area contributed by atoms with Gasteiger partial charge in [0.15, 0.2) is 11.2 Å². The summed E-state index contributed by atoms with van der Waals surface area (Å²) in [6.45, 7) is 1.09. The van der Waals surface area contributed by atoms with E-state index in [2.05, 4.69) is 15.9 Å². The Bertz CT molecular complexity index is 784. The van der Waals surface area contributed by atoms with Crippen LogP contribution in [0.25, 0.3) is 17.0 Å². The minimum Gasteiger partial charge on any atom is -0.456 e. The van der Waals surface area contributed by atoms with E-state index in [1.807, 2.05) is 12.1 Å². The molecule has 2 heterocycles. The summed E-state index contributed by atoms with van der Waals surface area (Å²) in [5.74, 6) is -0.198. The molecule has 20 heavy (non-hydrogen) atoms. The van der Waals surface area contributed by atoms with Crippen LogP contribution < -0.4 is 5.43 Å². The molecule has 0 amide bonds. The minimum absolute atomic E-state index is 0.0228. The fraction of sp³-hybridized carbons (Fsp3) is 0.267. The molecule has 102 valence electrons. The summed E-state index contributed by atoms with van der Waals surface area (Å²) in [4.78, 5) is 12.6. The lowest BCUT2D eigenvalue weighted by Gasteiger charge is -2.27. The Balaban J connectivity index is 1.95. The lowest BCUT2D eigenvalue weighted by atomic mass is 9.96. The molecule has 1 aliphatic carbocycles. The monoisotopic (exact) mass is 334 g/mol. The summed E-state index contributed by atoms with van der Waals surface area (Å²) >= 11 is 3.38. The van der Waals surface area contributed by atoms with Crippen molar-refractivity contribution in [2.24, 2.45) is 0 Å². The van der Waals surface area contributed by atoms with Crippen LogP contribution in [0.2, 0.25) is 0 Å². The van der Waals surface area contributed by atoms with Crippen molar-refractivity contribution < 1.29 is 13.9 Å². The highest BCUT2D eigenvalue weighted by Crippen LogP contribution is 2.32. The molecule has 0 radical (unpaired) electrons. The van der Waals surface area contributed by atoms with Gasteiger partial charge < -0.3 is 13.9 Å². The van der Waals surface area contributed by atoms with Crippen LogP contribution in [0.4, 0.5) is 0 Å². The topological polar surface area (TPSA) is 48.7 Å². The van der Waals surface area contributed by atoms with Crippen LogP contribution in [0.3, 0.4) is 0 Å². The van der Waals surface area contributed by atoms with E-state index in [1.54, 1.807) is 18.2 Å². The lowest BCUT2D eigenvalue weighted by Crippen LogP contribution is -2.35. The van der Waals surface area contributed by atoms with Crippen molar-refractivity contribution in [2.45, 2.75) is 12.2 Å². The third-order valence-electron chi connectivity index (χ3n) is 3.67. The second kappa shape index (κ2) is 4.28. The molecule has 0 saturated carbocycles. The summed E-state index contributed by atoms with van der Waals surface area (Å²) in [5, 5.41) is 0.571. The molecule has 1 aromatic heterocycles. The molecule has 4 rings (SSSR count). The molecule has 1 fully saturated rings. The maximum atomic E-state index is 12.6. The molecule has 2 aromatic rings. The zero-order chi connectivity index (χ0) is 13.7. The van der Waals surface area contributed by atoms with Gasteiger partial charge >= 0.3 is 0 Å². The standard InChI is InChI=1S/C15H11BrO4/c16-9-1-2-12-10(7-9)14(17)11-8-15(18-5-6-19-15)4-3-13(11)20-12/h1-4,7H,5-6,8H2. The second-order valence-electron chi connectivity index (χ2n) is 4.93. The number of halogens is 1. The Morgan fingerprint density at radius 2 is 2.00 bits per heavy atom. The zero-order valence-electron chi connectivity index (χ0n) is 10.5. The van der Waals surface area contributed by atoms with Crippen molar-refractivity contribution in [1.82, 2.24) is 0 Å². The predicted molar refractivity (Wildman–Crippen MR) is 77.6 cm³/mol. The smallest absolute Gasteiger partial charge is 0.196 e. The van der Waals surface area contributed by atoms with Crippen LogP contribution >= 0.6 is 15.9 Å². The minimum atomic E-state index is -0.790. The molecular formula is C15H11BrO4. The van der Waals surface area contributed by atoms with Gasteiger partial charge in [0.1, 0.15) is 11.3 Å². The Labute approximate surface area is 123 Å². The number of ether oxygens (including phenoxy) is 2. The van der Waals surface area contributed by atoms with Crippen molar-refractivity contribution in [3.8, 4) is 0 Å². The van der Waals surface area contributed by atoms with Crippen LogP contribution in [0, 0.1) is 0 Å². The number of fused-ring (bicyclic) bond motifs is 2. The number of rotatable bonds is 0. The van der Waals surface area contributed by atoms with Crippen LogP contribution in [-0.4, -0.2) is 19.0 Å². The molecule has 2 aliphatic rings. The van der Waals surface area contributed by atoms with Gasteiger partial charge in [-0.25, -0.2) is 0 Å². The maximum Gasteiger partial charge on any atom is 0.196 e. The largest absolute Gasteiger partial charge is 0.456 e. The van der Waals surface area contributed by atoms with Crippen LogP contribution in [0.15, 0.2) is 38.0 Å². The highest BCUT2D eigenvalue weighted by Gasteiger charge is 2.38. The van der Waals surface area contributed by atoms with Gasteiger partial charge in [0.25, 0.3) is 0 Å². The molecule has 1 spiro atoms. The van der Waals surface area contributed by atoms with E-state index in [9.17, 15) is 4.79 Å². The third kappa shape index (κ3) is 1.78. The zero-order valence-corrected chi connectivity index (χ0v) is 12.1. The molecule has 0 unspecified atom stereocenters. The first-order chi connectivity index (χ1) is 9.67. The maximum absolute atomic E-state index is 12.6. The summed E-state index contributed by atoms with van der Waals surface area (Å²) in [5.41, 5.74) is 1.18. The van der Waals surface area contributed by atoms with Crippen molar-refractivity contribution in [3.05, 3.63) is 50.3 Å². The van der Waals surface area contributed by atoms with E-state index in [-0.39, 0.29) is 5.43 Å². The Kier molecular flexibility index (Phi) is 2.64. The molecule has 1 saturated heterocycles. The number of benzene rings is 1. The van der Waals surface area contributed by atoms with Crippen molar-refractivity contribution >= 4 is 33.0 Å². The summed E-state index contributed by atoms with van der Waals surface area (Å²) in [7, 11) is 0. The van der Waals surface area contributed by atoms with Crippen LogP contribution in [0.1, 0.15) is 11.3 Å². The second-order valence-corrected chi connectivity index (χ2v) is 5.85. The van der Waals surface area contributed by atoms with Gasteiger partial charge in [-0.3, -0.25) is 4.79 Å². The summed E-state index contributed by atoms with van der Waals surface area (Å²) < 4.78 is 17.9. The van der Waals surface area contributed by atoms with Crippen molar-refractivity contribution in [2.75, 3.05) is 13.2 Å². The van der Waals surface area contributed by atoms with Gasteiger partial charge in [0, 0.05) is 16.5 Å². The predicted octanol–water partition coefficient (Wildman–Crippen LogP) is 2.87. The van der Waals surface area contributed by atoms with E-state index in [0.29, 0.717) is 41.9 Å². The van der Waals surface area contributed by atoms with Crippen LogP contribution in [0.5, 0.6) is 0 Å². The highest BCUT2D eigenvalue weighted by atomic mass is 79.9. The Morgan fingerprint density at radius 1 is 1.20 bits per heavy atom. The fourth-order valence-electron chi connectivity index (χ4n) is 2.70. The van der Waals surface area contributed by atoms with Gasteiger partial charge in [0.2, 0.25) is 0 Å². The SMILES string of the molecule is O=c1c2c(oc3ccc(Br)cc13)C=CC1(C2)OCCO1. The van der Waals surface area contributed by atoms with E-state index in [0.717, 1.165) is 4.47 Å². The highest BCUT2D eigenvalue weighted by molar-refractivity contribution is 9.10. The normalized spacial score (nSPS) is 19.6. The Morgan fingerprint density at radius 3 is 2.80 bits per heavy atom. The summed E-state index contributed by atoms with van der Waals surface area (Å²) in [6, 6.07) is 5.43. The first-order valence-corrected chi connectivity index (χ1v) is 7.19. The van der Waals surface area contributed by atoms with Gasteiger partial charge in [0.05, 0.1) is 18.6 Å². The van der Waals surface area contributed by atoms with Gasteiger partial charge in [-0.05, 0) is 30.4 Å². The molecule has 0 bridgehead atoms. The average Bonchev–Trinajstić information content (AvgIpc) is 2.89. The Hall–Kier alpha value is -1.43. The van der Waals surface area contributed by atoms with E-state index in [4.69, 9.17) is 13.9 Å². The quantitative estimate of drug-likeness (QED) is 0.743. The molecule has 5 heteroatoms. The average molecular weight is 335 g/mol. The van der Waals surface area contributed by atoms with E-state index in [1.165, 1.54) is 0 Å². The molecule has 1 aromatic carbocycles. The van der Waals surface area contributed by atoms with Gasteiger partial charge in [-0.1, -0.05) is 15.9 Å². The molecular weight excluding hydrogens is 324 g/mol. The molecule has 0 atom stereocenters. The first-order valence-electron chi connectivity index (χ1n) is 6.39. The van der Waals surface area contributed by atoms with Crippen molar-refractivity contribution in [3.63, 3.8) is 0 Å². The van der Waals surface area contributed by atoms with E-state index < -0.39 is 5.79 Å². The van der Waals surface area contributed by atoms with Gasteiger partial charge in [-0.15, -0.1) is 0 Å². The molecule has 1 aliphatic heterocycles. The fourth-order valence-corrected chi connectivity index (χ4v) is 3.06. The summed E-state index contributed by atoms with van der Waals surface area (Å²) in [6.07, 6.45) is 3.99. The molecule has 4 nitrogen and oxygen atoms in total. The van der Waals surface area contributed by atoms with Crippen LogP contribution in [-0.2, 0) is 15.9 Å². The first kappa shape index (κ1) is 12.3. The molecule has 0 N–H and O–H groups in total. The number of hydrogen-bond donors (Lipinski definition) is 0. The van der Waals surface area contributed by atoms with E-state index >= 15 is 0 Å². The van der Waals surface area contributed by atoms with Gasteiger partial charge in [-0.2, -0.15) is 0 Å². The van der Waals surface area contributed by atoms with Crippen molar-refractivity contribution in [1.29, 1.82) is 0 Å².